The van der Waals surface area contributed by atoms with E-state index in [1.54, 1.807) is 12.1 Å². The van der Waals surface area contributed by atoms with E-state index in [1.807, 2.05) is 32.0 Å². The van der Waals surface area contributed by atoms with Gasteiger partial charge in [0.2, 0.25) is 0 Å². The Morgan fingerprint density at radius 1 is 1.25 bits per heavy atom. The van der Waals surface area contributed by atoms with Crippen LogP contribution in [0.5, 0.6) is 0 Å². The van der Waals surface area contributed by atoms with Crippen LogP contribution < -0.4 is 5.32 Å². The number of amides is 1. The Morgan fingerprint density at radius 3 is 2.67 bits per heavy atom. The van der Waals surface area contributed by atoms with E-state index in [2.05, 4.69) is 10.3 Å². The molecule has 0 aliphatic heterocycles. The van der Waals surface area contributed by atoms with Crippen molar-refractivity contribution in [3.05, 3.63) is 58.4 Å². The Labute approximate surface area is 146 Å². The smallest absolute Gasteiger partial charge is 0.311 e. The maximum absolute atomic E-state index is 12.1. The van der Waals surface area contributed by atoms with E-state index in [9.17, 15) is 9.59 Å². The molecule has 5 nitrogen and oxygen atoms in total. The largest absolute Gasteiger partial charge is 0.452 e. The first kappa shape index (κ1) is 17.9. The minimum atomic E-state index is -0.930. The molecular weight excluding hydrogens is 328 g/mol. The minimum Gasteiger partial charge on any atom is -0.452 e. The van der Waals surface area contributed by atoms with Crippen molar-refractivity contribution in [1.82, 2.24) is 4.98 Å². The van der Waals surface area contributed by atoms with Crippen LogP contribution in [0.2, 0.25) is 5.15 Å². The number of benzene rings is 1. The van der Waals surface area contributed by atoms with Crippen LogP contribution in [-0.2, 0) is 20.7 Å². The van der Waals surface area contributed by atoms with Crippen molar-refractivity contribution in [3.63, 3.8) is 0 Å². The first-order valence-corrected chi connectivity index (χ1v) is 7.91. The molecule has 1 N–H and O–H groups in total. The molecule has 1 heterocycles. The van der Waals surface area contributed by atoms with Crippen LogP contribution in [0.15, 0.2) is 36.5 Å². The number of anilines is 1. The number of pyridine rings is 1. The van der Waals surface area contributed by atoms with Gasteiger partial charge in [0.05, 0.1) is 12.1 Å². The number of carbonyl (C=O) groups excluding carboxylic acids is 2. The van der Waals surface area contributed by atoms with E-state index in [-0.39, 0.29) is 11.6 Å². The van der Waals surface area contributed by atoms with E-state index in [0.29, 0.717) is 5.69 Å². The molecule has 6 heteroatoms. The monoisotopic (exact) mass is 346 g/mol. The second-order valence-corrected chi connectivity index (χ2v) is 5.92. The van der Waals surface area contributed by atoms with Gasteiger partial charge in [0, 0.05) is 6.20 Å². The number of rotatable bonds is 5. The SMILES string of the molecule is Cc1ccc(CC(=O)O[C@@H](C)C(=O)Nc2cccnc2Cl)cc1C. The molecule has 0 saturated carbocycles. The zero-order valence-corrected chi connectivity index (χ0v) is 14.6. The molecule has 1 aromatic carbocycles. The van der Waals surface area contributed by atoms with Crippen molar-refractivity contribution >= 4 is 29.2 Å². The van der Waals surface area contributed by atoms with Crippen molar-refractivity contribution in [2.75, 3.05) is 5.32 Å². The van der Waals surface area contributed by atoms with Gasteiger partial charge < -0.3 is 10.1 Å². The van der Waals surface area contributed by atoms with Gasteiger partial charge in [-0.05, 0) is 49.6 Å². The highest BCUT2D eigenvalue weighted by Crippen LogP contribution is 2.18. The normalized spacial score (nSPS) is 11.7. The number of aryl methyl sites for hydroxylation is 2. The van der Waals surface area contributed by atoms with Gasteiger partial charge in [0.25, 0.3) is 5.91 Å². The Hall–Kier alpha value is -2.40. The Bertz CT molecular complexity index is 762. The third-order valence-corrected chi connectivity index (χ3v) is 3.92. The molecule has 24 heavy (non-hydrogen) atoms. The van der Waals surface area contributed by atoms with Gasteiger partial charge in [-0.15, -0.1) is 0 Å². The van der Waals surface area contributed by atoms with E-state index >= 15 is 0 Å². The van der Waals surface area contributed by atoms with Crippen molar-refractivity contribution in [2.45, 2.75) is 33.3 Å². The summed E-state index contributed by atoms with van der Waals surface area (Å²) < 4.78 is 5.18. The van der Waals surface area contributed by atoms with Gasteiger partial charge >= 0.3 is 5.97 Å². The van der Waals surface area contributed by atoms with E-state index in [1.165, 1.54) is 13.1 Å². The van der Waals surface area contributed by atoms with Crippen LogP contribution in [0.4, 0.5) is 5.69 Å². The molecule has 0 spiro atoms. The van der Waals surface area contributed by atoms with E-state index < -0.39 is 18.0 Å². The standard InChI is InChI=1S/C18H19ClN2O3/c1-11-6-7-14(9-12(11)2)10-16(22)24-13(3)18(23)21-15-5-4-8-20-17(15)19/h4-9,13H,10H2,1-3H3,(H,21,23)/t13-/m0/s1. The van der Waals surface area contributed by atoms with Crippen LogP contribution in [0.25, 0.3) is 0 Å². The second-order valence-electron chi connectivity index (χ2n) is 5.56. The molecule has 1 amide bonds. The summed E-state index contributed by atoms with van der Waals surface area (Å²) in [6.45, 7) is 5.50. The first-order valence-electron chi connectivity index (χ1n) is 7.54. The summed E-state index contributed by atoms with van der Waals surface area (Å²) in [5.74, 6) is -0.920. The number of esters is 1. The van der Waals surface area contributed by atoms with Gasteiger partial charge in [0.1, 0.15) is 0 Å². The van der Waals surface area contributed by atoms with Crippen molar-refractivity contribution in [3.8, 4) is 0 Å². The van der Waals surface area contributed by atoms with Gasteiger partial charge in [-0.25, -0.2) is 4.98 Å². The lowest BCUT2D eigenvalue weighted by molar-refractivity contribution is -0.152. The zero-order chi connectivity index (χ0) is 17.7. The fraction of sp³-hybridized carbons (Fsp3) is 0.278. The number of hydrogen-bond acceptors (Lipinski definition) is 4. The number of ether oxygens (including phenoxy) is 1. The molecule has 2 aromatic rings. The fourth-order valence-corrected chi connectivity index (χ4v) is 2.25. The maximum atomic E-state index is 12.1. The average Bonchev–Trinajstić information content (AvgIpc) is 2.53. The van der Waals surface area contributed by atoms with Crippen molar-refractivity contribution in [1.29, 1.82) is 0 Å². The topological polar surface area (TPSA) is 68.3 Å². The Balaban J connectivity index is 1.92. The third kappa shape index (κ3) is 4.80. The molecular formula is C18H19ClN2O3. The minimum absolute atomic E-state index is 0.117. The number of hydrogen-bond donors (Lipinski definition) is 1. The van der Waals surface area contributed by atoms with Gasteiger partial charge in [0.15, 0.2) is 11.3 Å². The molecule has 0 bridgehead atoms. The maximum Gasteiger partial charge on any atom is 0.311 e. The molecule has 126 valence electrons. The highest BCUT2D eigenvalue weighted by Gasteiger charge is 2.19. The first-order chi connectivity index (χ1) is 11.4. The summed E-state index contributed by atoms with van der Waals surface area (Å²) in [5.41, 5.74) is 3.50. The average molecular weight is 347 g/mol. The number of nitrogens with zero attached hydrogens (tertiary/aromatic N) is 1. The lowest BCUT2D eigenvalue weighted by Gasteiger charge is -2.14. The molecule has 0 unspecified atom stereocenters. The number of aromatic nitrogens is 1. The summed E-state index contributed by atoms with van der Waals surface area (Å²) in [6.07, 6.45) is 0.706. The van der Waals surface area contributed by atoms with Crippen molar-refractivity contribution < 1.29 is 14.3 Å². The quantitative estimate of drug-likeness (QED) is 0.665. The molecule has 1 aromatic heterocycles. The fourth-order valence-electron chi connectivity index (χ4n) is 2.09. The lowest BCUT2D eigenvalue weighted by atomic mass is 10.0. The highest BCUT2D eigenvalue weighted by atomic mass is 35.5. The van der Waals surface area contributed by atoms with Gasteiger partial charge in [-0.3, -0.25) is 9.59 Å². The van der Waals surface area contributed by atoms with E-state index in [0.717, 1.165) is 16.7 Å². The van der Waals surface area contributed by atoms with Crippen molar-refractivity contribution in [2.24, 2.45) is 0 Å². The molecule has 0 saturated heterocycles. The predicted molar refractivity (Wildman–Crippen MR) is 93.1 cm³/mol. The molecule has 0 radical (unpaired) electrons. The van der Waals surface area contributed by atoms with Crippen LogP contribution in [0.3, 0.4) is 0 Å². The van der Waals surface area contributed by atoms with Gasteiger partial charge in [-0.2, -0.15) is 0 Å². The van der Waals surface area contributed by atoms with E-state index in [4.69, 9.17) is 16.3 Å². The molecule has 0 aliphatic rings. The third-order valence-electron chi connectivity index (χ3n) is 3.61. The summed E-state index contributed by atoms with van der Waals surface area (Å²) >= 11 is 5.88. The molecule has 0 aliphatic carbocycles. The molecule has 0 fully saturated rings. The summed E-state index contributed by atoms with van der Waals surface area (Å²) in [5, 5.41) is 2.77. The molecule has 1 atom stereocenters. The Kier molecular flexibility index (Phi) is 5.93. The molecule has 2 rings (SSSR count). The lowest BCUT2D eigenvalue weighted by Crippen LogP contribution is -2.30. The van der Waals surface area contributed by atoms with Crippen LogP contribution in [-0.4, -0.2) is 23.0 Å². The van der Waals surface area contributed by atoms with Crippen LogP contribution in [0, 0.1) is 13.8 Å². The summed E-state index contributed by atoms with van der Waals surface area (Å²) in [4.78, 5) is 27.9. The number of nitrogens with one attached hydrogen (secondary N) is 1. The number of halogens is 1. The number of carbonyl (C=O) groups is 2. The summed E-state index contributed by atoms with van der Waals surface area (Å²) in [6, 6.07) is 9.05. The van der Waals surface area contributed by atoms with Crippen LogP contribution >= 0.6 is 11.6 Å². The van der Waals surface area contributed by atoms with Gasteiger partial charge in [-0.1, -0.05) is 29.8 Å². The zero-order valence-electron chi connectivity index (χ0n) is 13.8. The Morgan fingerprint density at radius 2 is 2.00 bits per heavy atom. The summed E-state index contributed by atoms with van der Waals surface area (Å²) in [7, 11) is 0. The van der Waals surface area contributed by atoms with Crippen LogP contribution in [0.1, 0.15) is 23.6 Å². The second kappa shape index (κ2) is 7.93. The highest BCUT2D eigenvalue weighted by molar-refractivity contribution is 6.32. The predicted octanol–water partition coefficient (Wildman–Crippen LogP) is 3.46.